The van der Waals surface area contributed by atoms with E-state index in [0.29, 0.717) is 25.2 Å². The molecule has 2 fully saturated rings. The largest absolute Gasteiger partial charge is 0.370 e. The smallest absolute Gasteiger partial charge is 0.329 e. The number of aryl methyl sites for hydroxylation is 1. The van der Waals surface area contributed by atoms with E-state index >= 15 is 0 Å². The third-order valence-electron chi connectivity index (χ3n) is 7.57. The lowest BCUT2D eigenvalue weighted by Crippen LogP contribution is -2.48. The number of rotatable bonds is 10. The number of aromatic nitrogens is 2. The van der Waals surface area contributed by atoms with Gasteiger partial charge >= 0.3 is 5.69 Å². The molecule has 0 N–H and O–H groups in total. The fourth-order valence-electron chi connectivity index (χ4n) is 5.27. The molecule has 2 aliphatic heterocycles. The molecule has 3 heterocycles. The van der Waals surface area contributed by atoms with Crippen molar-refractivity contribution in [2.24, 2.45) is 13.0 Å². The summed E-state index contributed by atoms with van der Waals surface area (Å²) in [5.74, 6) is -0.549. The van der Waals surface area contributed by atoms with Crippen LogP contribution in [0.3, 0.4) is 0 Å². The number of imide groups is 1. The van der Waals surface area contributed by atoms with Crippen molar-refractivity contribution in [1.82, 2.24) is 14.0 Å². The number of benzene rings is 1. The lowest BCUT2D eigenvalue weighted by Gasteiger charge is -2.34. The van der Waals surface area contributed by atoms with Crippen molar-refractivity contribution in [3.63, 3.8) is 0 Å². The lowest BCUT2D eigenvalue weighted by molar-refractivity contribution is -0.157. The minimum atomic E-state index is -3.47. The molecule has 0 radical (unpaired) electrons. The van der Waals surface area contributed by atoms with E-state index in [4.69, 9.17) is 8.92 Å². The Morgan fingerprint density at radius 3 is 2.38 bits per heavy atom. The predicted molar refractivity (Wildman–Crippen MR) is 152 cm³/mol. The monoisotopic (exact) mass is 580 g/mol. The number of likely N-dealkylation sites (tertiary alicyclic amines) is 1. The number of hydrogen-bond acceptors (Lipinski definition) is 8. The van der Waals surface area contributed by atoms with E-state index in [1.54, 1.807) is 11.6 Å². The third-order valence-corrected chi connectivity index (χ3v) is 9.84. The van der Waals surface area contributed by atoms with Gasteiger partial charge in [-0.05, 0) is 43.4 Å². The summed E-state index contributed by atoms with van der Waals surface area (Å²) in [6, 6.07) is 5.83. The zero-order valence-corrected chi connectivity index (χ0v) is 25.3. The molecule has 0 bridgehead atoms. The van der Waals surface area contributed by atoms with Crippen molar-refractivity contribution in [3.8, 4) is 0 Å². The Kier molecular flexibility index (Phi) is 8.74. The third kappa shape index (κ3) is 6.81. The van der Waals surface area contributed by atoms with E-state index in [1.807, 2.05) is 18.2 Å². The Morgan fingerprint density at radius 1 is 1.05 bits per heavy atom. The number of anilines is 1. The van der Waals surface area contributed by atoms with Gasteiger partial charge in [0.1, 0.15) is 12.8 Å². The van der Waals surface area contributed by atoms with Crippen LogP contribution in [0.15, 0.2) is 23.0 Å². The Morgan fingerprint density at radius 2 is 1.74 bits per heavy atom. The van der Waals surface area contributed by atoms with Crippen molar-refractivity contribution in [2.45, 2.75) is 57.4 Å². The molecule has 1 aromatic heterocycles. The molecule has 39 heavy (non-hydrogen) atoms. The molecule has 2 amide bonds. The summed E-state index contributed by atoms with van der Waals surface area (Å²) in [4.78, 5) is 42.9. The highest BCUT2D eigenvalue weighted by atomic mass is 32.2. The van der Waals surface area contributed by atoms with Gasteiger partial charge in [-0.25, -0.2) is 4.79 Å². The summed E-state index contributed by atoms with van der Waals surface area (Å²) in [6.07, 6.45) is 3.01. The van der Waals surface area contributed by atoms with Gasteiger partial charge in [-0.1, -0.05) is 25.7 Å². The van der Waals surface area contributed by atoms with Crippen molar-refractivity contribution in [2.75, 3.05) is 44.2 Å². The van der Waals surface area contributed by atoms with Crippen LogP contribution in [0.4, 0.5) is 5.69 Å². The van der Waals surface area contributed by atoms with Gasteiger partial charge in [-0.3, -0.25) is 27.8 Å². The maximum Gasteiger partial charge on any atom is 0.329 e. The highest BCUT2D eigenvalue weighted by Gasteiger charge is 2.38. The van der Waals surface area contributed by atoms with Crippen LogP contribution in [-0.4, -0.2) is 81.6 Å². The molecule has 0 aliphatic carbocycles. The van der Waals surface area contributed by atoms with Gasteiger partial charge in [0.05, 0.1) is 29.6 Å². The Bertz CT molecular complexity index is 1390. The Hall–Kier alpha value is -2.48. The average molecular weight is 581 g/mol. The summed E-state index contributed by atoms with van der Waals surface area (Å²) in [7, 11) is -3.08. The Labute approximate surface area is 230 Å². The fourth-order valence-corrected chi connectivity index (χ4v) is 6.46. The minimum Gasteiger partial charge on any atom is -0.370 e. The number of nitrogens with zero attached hydrogens (tertiary/aromatic N) is 4. The van der Waals surface area contributed by atoms with Gasteiger partial charge in [0, 0.05) is 41.2 Å². The second kappa shape index (κ2) is 11.6. The molecule has 0 saturated carbocycles. The van der Waals surface area contributed by atoms with Crippen LogP contribution >= 0.6 is 0 Å². The zero-order valence-electron chi connectivity index (χ0n) is 23.5. The SMILES string of the molecule is Cn1c(=O)n(C2CCC(=O)N(COCC[Si](C)(C)C)C2=O)c2cccc(N3CCC(COS(C)(=O)=O)CC3)c21. The zero-order chi connectivity index (χ0) is 28.5. The molecule has 1 unspecified atom stereocenters. The van der Waals surface area contributed by atoms with Gasteiger partial charge < -0.3 is 9.64 Å². The first-order chi connectivity index (χ1) is 18.3. The van der Waals surface area contributed by atoms with E-state index in [2.05, 4.69) is 24.5 Å². The number of imidazole rings is 1. The minimum absolute atomic E-state index is 0.0958. The lowest BCUT2D eigenvalue weighted by atomic mass is 9.97. The van der Waals surface area contributed by atoms with Crippen LogP contribution in [-0.2, 0) is 35.7 Å². The first-order valence-electron chi connectivity index (χ1n) is 13.5. The molecule has 2 aliphatic rings. The van der Waals surface area contributed by atoms with Crippen LogP contribution in [0.5, 0.6) is 0 Å². The van der Waals surface area contributed by atoms with E-state index < -0.39 is 30.1 Å². The van der Waals surface area contributed by atoms with Crippen LogP contribution < -0.4 is 10.6 Å². The summed E-state index contributed by atoms with van der Waals surface area (Å²) < 4.78 is 36.5. The van der Waals surface area contributed by atoms with Gasteiger partial charge in [0.2, 0.25) is 5.91 Å². The number of fused-ring (bicyclic) bond motifs is 1. The number of amides is 2. The second-order valence-corrected chi connectivity index (χ2v) is 19.1. The van der Waals surface area contributed by atoms with Crippen molar-refractivity contribution in [1.29, 1.82) is 0 Å². The number of ether oxygens (including phenoxy) is 1. The molecule has 1 atom stereocenters. The van der Waals surface area contributed by atoms with Gasteiger partial charge in [0.15, 0.2) is 0 Å². The first kappa shape index (κ1) is 29.5. The molecule has 4 rings (SSSR count). The summed E-state index contributed by atoms with van der Waals surface area (Å²) in [5.41, 5.74) is 1.96. The molecule has 11 nitrogen and oxygen atoms in total. The van der Waals surface area contributed by atoms with Crippen LogP contribution in [0.25, 0.3) is 11.0 Å². The average Bonchev–Trinajstić information content (AvgIpc) is 3.11. The van der Waals surface area contributed by atoms with Crippen LogP contribution in [0, 0.1) is 5.92 Å². The summed E-state index contributed by atoms with van der Waals surface area (Å²) >= 11 is 0. The maximum absolute atomic E-state index is 13.5. The highest BCUT2D eigenvalue weighted by molar-refractivity contribution is 7.85. The normalized spacial score (nSPS) is 19.9. The number of para-hydroxylation sites is 1. The molecule has 2 aromatic rings. The van der Waals surface area contributed by atoms with E-state index in [9.17, 15) is 22.8 Å². The Balaban J connectivity index is 1.54. The van der Waals surface area contributed by atoms with Gasteiger partial charge in [0.25, 0.3) is 16.0 Å². The highest BCUT2D eigenvalue weighted by Crippen LogP contribution is 2.33. The van der Waals surface area contributed by atoms with Crippen molar-refractivity contribution >= 4 is 46.7 Å². The number of hydrogen-bond donors (Lipinski definition) is 0. The van der Waals surface area contributed by atoms with E-state index in [0.717, 1.165) is 41.2 Å². The second-order valence-electron chi connectivity index (χ2n) is 11.8. The molecule has 0 spiro atoms. The predicted octanol–water partition coefficient (Wildman–Crippen LogP) is 2.54. The number of piperidine rings is 2. The maximum atomic E-state index is 13.5. The standard InChI is InChI=1S/C26H40N4O7SSi/c1-27-24-20(28-13-11-19(12-14-28)17-37-38(2,34)35)7-6-8-21(24)30(26(27)33)22-9-10-23(31)29(25(22)32)18-36-15-16-39(3,4)5/h6-8,19,22H,9-18H2,1-5H3. The number of carbonyl (C=O) groups is 2. The molecule has 13 heteroatoms. The van der Waals surface area contributed by atoms with Crippen molar-refractivity contribution in [3.05, 3.63) is 28.7 Å². The fraction of sp³-hybridized carbons (Fsp3) is 0.654. The van der Waals surface area contributed by atoms with Crippen LogP contribution in [0.2, 0.25) is 25.7 Å². The summed E-state index contributed by atoms with van der Waals surface area (Å²) in [5, 5.41) is 0. The molecule has 216 valence electrons. The van der Waals surface area contributed by atoms with Gasteiger partial charge in [-0.15, -0.1) is 0 Å². The molecule has 2 saturated heterocycles. The molecule has 1 aromatic carbocycles. The van der Waals surface area contributed by atoms with Gasteiger partial charge in [-0.2, -0.15) is 8.42 Å². The topological polar surface area (TPSA) is 120 Å². The molecular weight excluding hydrogens is 540 g/mol. The van der Waals surface area contributed by atoms with Crippen molar-refractivity contribution < 1.29 is 26.9 Å². The number of carbonyl (C=O) groups excluding carboxylic acids is 2. The summed E-state index contributed by atoms with van der Waals surface area (Å²) in [6.45, 7) is 8.66. The van der Waals surface area contributed by atoms with E-state index in [-0.39, 0.29) is 43.7 Å². The first-order valence-corrected chi connectivity index (χ1v) is 19.0. The quantitative estimate of drug-likeness (QED) is 0.182. The van der Waals surface area contributed by atoms with Crippen LogP contribution in [0.1, 0.15) is 31.7 Å². The molecular formula is C26H40N4O7SSi. The van der Waals surface area contributed by atoms with E-state index in [1.165, 1.54) is 4.57 Å².